The number of aromatic nitrogens is 1. The Balaban J connectivity index is 2.35. The summed E-state index contributed by atoms with van der Waals surface area (Å²) in [4.78, 5) is 13.4. The molecule has 5 nitrogen and oxygen atoms in total. The molecule has 1 aliphatic heterocycles. The van der Waals surface area contributed by atoms with Crippen LogP contribution in [0, 0.1) is 6.92 Å². The van der Waals surface area contributed by atoms with Gasteiger partial charge in [0.05, 0.1) is 0 Å². The van der Waals surface area contributed by atoms with Crippen molar-refractivity contribution >= 4 is 21.4 Å². The largest absolute Gasteiger partial charge is 0.315 e. The summed E-state index contributed by atoms with van der Waals surface area (Å²) < 4.78 is 26.4. The van der Waals surface area contributed by atoms with Crippen LogP contribution in [0.5, 0.6) is 0 Å². The first-order chi connectivity index (χ1) is 8.01. The maximum atomic E-state index is 12.4. The summed E-state index contributed by atoms with van der Waals surface area (Å²) in [6, 6.07) is 0. The summed E-state index contributed by atoms with van der Waals surface area (Å²) in [5, 5.41) is 0. The van der Waals surface area contributed by atoms with Crippen LogP contribution in [0.4, 0.5) is 0 Å². The summed E-state index contributed by atoms with van der Waals surface area (Å²) in [6.07, 6.45) is 3.96. The number of aryl methyl sites for hydroxylation is 1. The average Bonchev–Trinajstić information content (AvgIpc) is 2.52. The maximum absolute atomic E-state index is 12.4. The first kappa shape index (κ1) is 12.8. The summed E-state index contributed by atoms with van der Waals surface area (Å²) in [6.45, 7) is 2.75. The molecule has 0 radical (unpaired) electrons. The highest BCUT2D eigenvalue weighted by atomic mass is 32.2. The van der Waals surface area contributed by atoms with Crippen LogP contribution in [-0.2, 0) is 10.0 Å². The molecular formula is C10H16N2O3S2. The van der Waals surface area contributed by atoms with Gasteiger partial charge in [-0.25, -0.2) is 8.42 Å². The number of nitrogens with zero attached hydrogens (tertiary/aromatic N) is 1. The van der Waals surface area contributed by atoms with Crippen molar-refractivity contribution in [1.82, 2.24) is 9.29 Å². The quantitative estimate of drug-likeness (QED) is 0.885. The Kier molecular flexibility index (Phi) is 3.70. The van der Waals surface area contributed by atoms with E-state index in [1.807, 2.05) is 0 Å². The van der Waals surface area contributed by atoms with Crippen molar-refractivity contribution in [3.05, 3.63) is 15.4 Å². The molecule has 96 valence electrons. The minimum absolute atomic E-state index is 0.171. The van der Waals surface area contributed by atoms with Gasteiger partial charge in [-0.2, -0.15) is 4.31 Å². The fraction of sp³-hybridized carbons (Fsp3) is 0.700. The minimum atomic E-state index is -3.47. The van der Waals surface area contributed by atoms with Crippen molar-refractivity contribution in [2.75, 3.05) is 13.1 Å². The molecule has 0 aromatic carbocycles. The second kappa shape index (κ2) is 4.91. The van der Waals surface area contributed by atoms with Crippen molar-refractivity contribution in [2.24, 2.45) is 0 Å². The number of aromatic amines is 1. The normalized spacial score (nSPS) is 19.1. The second-order valence-corrected chi connectivity index (χ2v) is 7.36. The molecule has 0 atom stereocenters. The van der Waals surface area contributed by atoms with Gasteiger partial charge >= 0.3 is 4.87 Å². The van der Waals surface area contributed by atoms with E-state index < -0.39 is 10.0 Å². The van der Waals surface area contributed by atoms with E-state index in [4.69, 9.17) is 0 Å². The van der Waals surface area contributed by atoms with E-state index in [1.54, 1.807) is 6.92 Å². The molecule has 0 spiro atoms. The highest BCUT2D eigenvalue weighted by Gasteiger charge is 2.28. The zero-order valence-corrected chi connectivity index (χ0v) is 11.4. The van der Waals surface area contributed by atoms with Gasteiger partial charge in [0, 0.05) is 18.8 Å². The van der Waals surface area contributed by atoms with Crippen LogP contribution in [0.25, 0.3) is 0 Å². The van der Waals surface area contributed by atoms with Gasteiger partial charge in [0.15, 0.2) is 4.21 Å². The summed E-state index contributed by atoms with van der Waals surface area (Å²) in [7, 11) is -3.47. The predicted molar refractivity (Wildman–Crippen MR) is 66.9 cm³/mol. The number of thiazole rings is 1. The van der Waals surface area contributed by atoms with Gasteiger partial charge in [0.25, 0.3) is 10.0 Å². The lowest BCUT2D eigenvalue weighted by Gasteiger charge is -2.18. The molecule has 17 heavy (non-hydrogen) atoms. The van der Waals surface area contributed by atoms with Gasteiger partial charge in [-0.3, -0.25) is 4.79 Å². The summed E-state index contributed by atoms with van der Waals surface area (Å²) in [5.41, 5.74) is 0.448. The van der Waals surface area contributed by atoms with Crippen molar-refractivity contribution in [2.45, 2.75) is 36.8 Å². The van der Waals surface area contributed by atoms with E-state index in [2.05, 4.69) is 4.98 Å². The molecule has 1 aliphatic rings. The van der Waals surface area contributed by atoms with Crippen molar-refractivity contribution in [1.29, 1.82) is 0 Å². The van der Waals surface area contributed by atoms with E-state index >= 15 is 0 Å². The lowest BCUT2D eigenvalue weighted by atomic mass is 10.2. The van der Waals surface area contributed by atoms with Gasteiger partial charge in [0.2, 0.25) is 0 Å². The monoisotopic (exact) mass is 276 g/mol. The molecule has 2 rings (SSSR count). The molecule has 7 heteroatoms. The Hall–Kier alpha value is -0.660. The zero-order valence-electron chi connectivity index (χ0n) is 9.73. The second-order valence-electron chi connectivity index (χ2n) is 4.25. The lowest BCUT2D eigenvalue weighted by molar-refractivity contribution is 0.424. The van der Waals surface area contributed by atoms with Gasteiger partial charge in [-0.15, -0.1) is 0 Å². The maximum Gasteiger partial charge on any atom is 0.305 e. The summed E-state index contributed by atoms with van der Waals surface area (Å²) in [5.74, 6) is 0. The number of rotatable bonds is 2. The third kappa shape index (κ3) is 2.61. The van der Waals surface area contributed by atoms with E-state index in [-0.39, 0.29) is 9.08 Å². The third-order valence-electron chi connectivity index (χ3n) is 2.92. The molecule has 0 aliphatic carbocycles. The van der Waals surface area contributed by atoms with Gasteiger partial charge in [0.1, 0.15) is 0 Å². The minimum Gasteiger partial charge on any atom is -0.315 e. The number of hydrogen-bond acceptors (Lipinski definition) is 4. The van der Waals surface area contributed by atoms with Crippen molar-refractivity contribution < 1.29 is 8.42 Å². The van der Waals surface area contributed by atoms with Crippen LogP contribution in [0.15, 0.2) is 9.00 Å². The topological polar surface area (TPSA) is 70.2 Å². The van der Waals surface area contributed by atoms with Crippen LogP contribution in [0.3, 0.4) is 0 Å². The fourth-order valence-corrected chi connectivity index (χ4v) is 4.99. The standard InChI is InChI=1S/C10H16N2O3S2/c1-8-9(16-10(13)11-8)17(14,15)12-6-4-2-3-5-7-12/h2-7H2,1H3,(H,11,13). The van der Waals surface area contributed by atoms with Crippen LogP contribution in [-0.4, -0.2) is 30.8 Å². The molecule has 0 unspecified atom stereocenters. The fourth-order valence-electron chi connectivity index (χ4n) is 2.04. The Labute approximate surface area is 105 Å². The Morgan fingerprint density at radius 2 is 1.76 bits per heavy atom. The van der Waals surface area contributed by atoms with E-state index in [1.165, 1.54) is 4.31 Å². The van der Waals surface area contributed by atoms with Crippen LogP contribution < -0.4 is 4.87 Å². The SMILES string of the molecule is Cc1[nH]c(=O)sc1S(=O)(=O)N1CCCCCC1. The van der Waals surface area contributed by atoms with Crippen molar-refractivity contribution in [3.8, 4) is 0 Å². The number of H-pyrrole nitrogens is 1. The van der Waals surface area contributed by atoms with Gasteiger partial charge in [-0.05, 0) is 19.8 Å². The molecule has 2 heterocycles. The molecule has 0 saturated carbocycles. The Morgan fingerprint density at radius 3 is 2.24 bits per heavy atom. The first-order valence-corrected chi connectivity index (χ1v) is 7.97. The highest BCUT2D eigenvalue weighted by Crippen LogP contribution is 2.23. The Morgan fingerprint density at radius 1 is 1.18 bits per heavy atom. The molecular weight excluding hydrogens is 260 g/mol. The molecule has 0 amide bonds. The van der Waals surface area contributed by atoms with E-state index in [0.29, 0.717) is 18.8 Å². The molecule has 0 bridgehead atoms. The van der Waals surface area contributed by atoms with Crippen LogP contribution >= 0.6 is 11.3 Å². The van der Waals surface area contributed by atoms with Crippen molar-refractivity contribution in [3.63, 3.8) is 0 Å². The van der Waals surface area contributed by atoms with Gasteiger partial charge < -0.3 is 4.98 Å². The lowest BCUT2D eigenvalue weighted by Crippen LogP contribution is -2.31. The van der Waals surface area contributed by atoms with E-state index in [9.17, 15) is 13.2 Å². The molecule has 1 aromatic rings. The first-order valence-electron chi connectivity index (χ1n) is 5.71. The summed E-state index contributed by atoms with van der Waals surface area (Å²) >= 11 is 0.781. The van der Waals surface area contributed by atoms with Crippen LogP contribution in [0.2, 0.25) is 0 Å². The zero-order chi connectivity index (χ0) is 12.5. The molecule has 1 N–H and O–H groups in total. The van der Waals surface area contributed by atoms with Gasteiger partial charge in [-0.1, -0.05) is 24.2 Å². The number of hydrogen-bond donors (Lipinski definition) is 1. The predicted octanol–water partition coefficient (Wildman–Crippen LogP) is 1.31. The average molecular weight is 276 g/mol. The highest BCUT2D eigenvalue weighted by molar-refractivity contribution is 7.91. The molecule has 1 aromatic heterocycles. The third-order valence-corrected chi connectivity index (χ3v) is 6.40. The molecule has 1 saturated heterocycles. The Bertz CT molecular complexity index is 536. The van der Waals surface area contributed by atoms with E-state index in [0.717, 1.165) is 37.0 Å². The number of sulfonamides is 1. The smallest absolute Gasteiger partial charge is 0.305 e. The number of nitrogens with one attached hydrogen (secondary N) is 1. The molecule has 1 fully saturated rings. The van der Waals surface area contributed by atoms with Crippen LogP contribution in [0.1, 0.15) is 31.4 Å².